The van der Waals surface area contributed by atoms with Crippen LogP contribution in [0.15, 0.2) is 4.79 Å². The van der Waals surface area contributed by atoms with Gasteiger partial charge in [-0.1, -0.05) is 12.8 Å². The summed E-state index contributed by atoms with van der Waals surface area (Å²) >= 11 is 0. The number of rotatable bonds is 3. The Morgan fingerprint density at radius 2 is 2.39 bits per heavy atom. The lowest BCUT2D eigenvalue weighted by molar-refractivity contribution is -0.128. The molecule has 1 aromatic heterocycles. The molecule has 0 aromatic carbocycles. The van der Waals surface area contributed by atoms with E-state index in [0.717, 1.165) is 25.7 Å². The summed E-state index contributed by atoms with van der Waals surface area (Å²) in [5, 5.41) is 8.75. The predicted octanol–water partition coefficient (Wildman–Crippen LogP) is -0.378. The Morgan fingerprint density at radius 3 is 3.00 bits per heavy atom. The van der Waals surface area contributed by atoms with E-state index in [9.17, 15) is 9.59 Å². The number of hydrogen-bond acceptors (Lipinski definition) is 4. The maximum Gasteiger partial charge on any atom is 0.340 e. The molecule has 0 spiro atoms. The number of hydrogen-bond donors (Lipinski definition) is 4. The van der Waals surface area contributed by atoms with E-state index in [2.05, 4.69) is 20.5 Å². The highest BCUT2D eigenvalue weighted by Gasteiger charge is 2.37. The number of carbonyl (C=O) groups excluding carboxylic acids is 1. The van der Waals surface area contributed by atoms with Crippen LogP contribution in [0.3, 0.4) is 0 Å². The largest absolute Gasteiger partial charge is 0.349 e. The Labute approximate surface area is 105 Å². The molecule has 18 heavy (non-hydrogen) atoms. The van der Waals surface area contributed by atoms with Gasteiger partial charge in [0.25, 0.3) is 0 Å². The lowest BCUT2D eigenvalue weighted by Gasteiger charge is -2.37. The zero-order valence-electron chi connectivity index (χ0n) is 10.5. The third-order valence-electron chi connectivity index (χ3n) is 3.55. The second-order valence-electron chi connectivity index (χ2n) is 5.15. The van der Waals surface area contributed by atoms with Crippen LogP contribution < -0.4 is 16.7 Å². The molecular weight excluding hydrogens is 234 g/mol. The van der Waals surface area contributed by atoms with Crippen LogP contribution in [-0.4, -0.2) is 26.6 Å². The van der Waals surface area contributed by atoms with Crippen molar-refractivity contribution in [2.75, 3.05) is 0 Å². The first-order chi connectivity index (χ1) is 8.49. The normalized spacial score (nSPS) is 28.0. The van der Waals surface area contributed by atoms with Crippen LogP contribution >= 0.6 is 0 Å². The molecule has 7 heteroatoms. The minimum Gasteiger partial charge on any atom is -0.349 e. The molecule has 100 valence electrons. The van der Waals surface area contributed by atoms with Crippen LogP contribution in [0.4, 0.5) is 0 Å². The molecule has 1 heterocycles. The Hall–Kier alpha value is -1.63. The third-order valence-corrected chi connectivity index (χ3v) is 3.55. The highest BCUT2D eigenvalue weighted by atomic mass is 16.2. The van der Waals surface area contributed by atoms with Crippen molar-refractivity contribution >= 4 is 5.91 Å². The average Bonchev–Trinajstić information content (AvgIpc) is 2.71. The molecule has 1 aliphatic carbocycles. The standard InChI is InChI=1S/C11H19N5O2/c1-11(12)5-3-2-4-7(11)9(17)13-6-8-14-10(18)16-15-8/h7H,2-6,12H2,1H3,(H,13,17)(H2,14,15,16,18). The summed E-state index contributed by atoms with van der Waals surface area (Å²) in [5.41, 5.74) is 5.34. The van der Waals surface area contributed by atoms with E-state index in [-0.39, 0.29) is 24.1 Å². The smallest absolute Gasteiger partial charge is 0.340 e. The van der Waals surface area contributed by atoms with Crippen LogP contribution in [0.2, 0.25) is 0 Å². The summed E-state index contributed by atoms with van der Waals surface area (Å²) < 4.78 is 0. The molecule has 5 N–H and O–H groups in total. The molecule has 2 unspecified atom stereocenters. The second kappa shape index (κ2) is 4.93. The summed E-state index contributed by atoms with van der Waals surface area (Å²) in [6.45, 7) is 2.14. The molecule has 1 amide bonds. The zero-order valence-corrected chi connectivity index (χ0v) is 10.5. The molecule has 2 rings (SSSR count). The average molecular weight is 253 g/mol. The van der Waals surface area contributed by atoms with Crippen molar-refractivity contribution in [3.05, 3.63) is 16.3 Å². The third kappa shape index (κ3) is 2.79. The number of nitrogens with one attached hydrogen (secondary N) is 3. The van der Waals surface area contributed by atoms with Crippen LogP contribution in [0, 0.1) is 5.92 Å². The summed E-state index contributed by atoms with van der Waals surface area (Å²) in [6.07, 6.45) is 3.79. The van der Waals surface area contributed by atoms with Crippen LogP contribution in [-0.2, 0) is 11.3 Å². The van der Waals surface area contributed by atoms with Gasteiger partial charge in [0.05, 0.1) is 12.5 Å². The Balaban J connectivity index is 1.93. The molecule has 0 radical (unpaired) electrons. The summed E-state index contributed by atoms with van der Waals surface area (Å²) in [4.78, 5) is 25.4. The number of nitrogens with two attached hydrogens (primary N) is 1. The maximum absolute atomic E-state index is 12.1. The lowest BCUT2D eigenvalue weighted by atomic mass is 9.74. The predicted molar refractivity (Wildman–Crippen MR) is 65.6 cm³/mol. The molecule has 0 aliphatic heterocycles. The molecular formula is C11H19N5O2. The molecule has 0 bridgehead atoms. The van der Waals surface area contributed by atoms with Gasteiger partial charge in [-0.25, -0.2) is 9.89 Å². The van der Waals surface area contributed by atoms with Crippen molar-refractivity contribution in [3.8, 4) is 0 Å². The summed E-state index contributed by atoms with van der Waals surface area (Å²) in [7, 11) is 0. The number of aromatic amines is 2. The van der Waals surface area contributed by atoms with Crippen molar-refractivity contribution < 1.29 is 4.79 Å². The molecule has 1 aliphatic rings. The fourth-order valence-corrected chi connectivity index (χ4v) is 2.47. The van der Waals surface area contributed by atoms with Gasteiger partial charge in [0.2, 0.25) is 5.91 Å². The van der Waals surface area contributed by atoms with Gasteiger partial charge >= 0.3 is 5.69 Å². The number of amides is 1. The first-order valence-corrected chi connectivity index (χ1v) is 6.19. The van der Waals surface area contributed by atoms with Crippen molar-refractivity contribution in [3.63, 3.8) is 0 Å². The Kier molecular flexibility index (Phi) is 3.51. The summed E-state index contributed by atoms with van der Waals surface area (Å²) in [5.74, 6) is 0.184. The molecule has 0 saturated heterocycles. The quantitative estimate of drug-likeness (QED) is 0.587. The molecule has 7 nitrogen and oxygen atoms in total. The molecule has 2 atom stereocenters. The molecule has 1 fully saturated rings. The van der Waals surface area contributed by atoms with E-state index >= 15 is 0 Å². The Bertz CT molecular complexity index is 476. The van der Waals surface area contributed by atoms with E-state index in [0.29, 0.717) is 5.82 Å². The minimum absolute atomic E-state index is 0.0662. The summed E-state index contributed by atoms with van der Waals surface area (Å²) in [6, 6.07) is 0. The number of nitrogens with zero attached hydrogens (tertiary/aromatic N) is 1. The van der Waals surface area contributed by atoms with E-state index in [1.54, 1.807) is 0 Å². The highest BCUT2D eigenvalue weighted by Crippen LogP contribution is 2.31. The van der Waals surface area contributed by atoms with Crippen molar-refractivity contribution in [1.82, 2.24) is 20.5 Å². The monoisotopic (exact) mass is 253 g/mol. The molecule has 1 saturated carbocycles. The minimum atomic E-state index is -0.443. The van der Waals surface area contributed by atoms with Gasteiger partial charge in [0.15, 0.2) is 0 Å². The molecule has 1 aromatic rings. The van der Waals surface area contributed by atoms with Crippen molar-refractivity contribution in [2.45, 2.75) is 44.7 Å². The fraction of sp³-hybridized carbons (Fsp3) is 0.727. The van der Waals surface area contributed by atoms with Gasteiger partial charge < -0.3 is 11.1 Å². The van der Waals surface area contributed by atoms with Crippen molar-refractivity contribution in [1.29, 1.82) is 0 Å². The van der Waals surface area contributed by atoms with Gasteiger partial charge in [0, 0.05) is 5.54 Å². The van der Waals surface area contributed by atoms with Crippen LogP contribution in [0.5, 0.6) is 0 Å². The van der Waals surface area contributed by atoms with E-state index in [1.165, 1.54) is 0 Å². The van der Waals surface area contributed by atoms with Gasteiger partial charge in [0.1, 0.15) is 5.82 Å². The first-order valence-electron chi connectivity index (χ1n) is 6.19. The van der Waals surface area contributed by atoms with Gasteiger partial charge in [-0.05, 0) is 19.8 Å². The van der Waals surface area contributed by atoms with E-state index in [1.807, 2.05) is 6.92 Å². The van der Waals surface area contributed by atoms with Gasteiger partial charge in [-0.15, -0.1) is 0 Å². The first kappa shape index (κ1) is 12.8. The van der Waals surface area contributed by atoms with E-state index < -0.39 is 5.54 Å². The zero-order chi connectivity index (χ0) is 13.2. The van der Waals surface area contributed by atoms with Crippen molar-refractivity contribution in [2.24, 2.45) is 11.7 Å². The number of aromatic nitrogens is 3. The van der Waals surface area contributed by atoms with Crippen LogP contribution in [0.1, 0.15) is 38.4 Å². The van der Waals surface area contributed by atoms with Crippen LogP contribution in [0.25, 0.3) is 0 Å². The topological polar surface area (TPSA) is 117 Å². The number of carbonyl (C=O) groups is 1. The SMILES string of the molecule is CC1(N)CCCCC1C(=O)NCc1n[nH]c(=O)[nH]1. The van der Waals surface area contributed by atoms with Gasteiger partial charge in [-0.2, -0.15) is 5.10 Å². The lowest BCUT2D eigenvalue weighted by Crippen LogP contribution is -2.52. The van der Waals surface area contributed by atoms with E-state index in [4.69, 9.17) is 5.73 Å². The van der Waals surface area contributed by atoms with Gasteiger partial charge in [-0.3, -0.25) is 9.78 Å². The fourth-order valence-electron chi connectivity index (χ4n) is 2.47. The maximum atomic E-state index is 12.1. The second-order valence-corrected chi connectivity index (χ2v) is 5.15. The highest BCUT2D eigenvalue weighted by molar-refractivity contribution is 5.80. The Morgan fingerprint density at radius 1 is 1.61 bits per heavy atom. The number of H-pyrrole nitrogens is 2.